The maximum atomic E-state index is 9.64. The van der Waals surface area contributed by atoms with Gasteiger partial charge in [-0.25, -0.2) is 4.98 Å². The Bertz CT molecular complexity index is 462. The number of imidazole rings is 1. The van der Waals surface area contributed by atoms with Crippen molar-refractivity contribution in [2.75, 3.05) is 18.0 Å². The average molecular weight is 203 g/mol. The molecule has 0 aliphatic carbocycles. The Labute approximate surface area is 87.5 Å². The number of nitrogens with zero attached hydrogens (tertiary/aromatic N) is 2. The Hall–Kier alpha value is -1.55. The summed E-state index contributed by atoms with van der Waals surface area (Å²) in [5, 5.41) is 9.64. The Morgan fingerprint density at radius 3 is 2.80 bits per heavy atom. The van der Waals surface area contributed by atoms with E-state index in [1.165, 1.54) is 0 Å². The van der Waals surface area contributed by atoms with E-state index in [2.05, 4.69) is 9.97 Å². The molecule has 2 heterocycles. The fourth-order valence-corrected chi connectivity index (χ4v) is 2.01. The van der Waals surface area contributed by atoms with Gasteiger partial charge >= 0.3 is 0 Å². The van der Waals surface area contributed by atoms with Gasteiger partial charge in [-0.3, -0.25) is 0 Å². The van der Waals surface area contributed by atoms with Gasteiger partial charge in [-0.1, -0.05) is 12.1 Å². The van der Waals surface area contributed by atoms with Crippen LogP contribution in [0.2, 0.25) is 0 Å². The van der Waals surface area contributed by atoms with Crippen LogP contribution in [-0.2, 0) is 0 Å². The molecule has 0 unspecified atom stereocenters. The van der Waals surface area contributed by atoms with E-state index in [9.17, 15) is 5.11 Å². The SMILES string of the molecule is CC1(O)CN(c2nc3ccccc3[nH]2)C1. The summed E-state index contributed by atoms with van der Waals surface area (Å²) in [5.41, 5.74) is 1.46. The second-order valence-electron chi connectivity index (χ2n) is 4.43. The van der Waals surface area contributed by atoms with Gasteiger partial charge in [0.25, 0.3) is 0 Å². The molecule has 0 bridgehead atoms. The number of β-amino-alcohol motifs (C(OH)–C–C–N with tert-alkyl or cyclic N) is 1. The number of hydrogen-bond donors (Lipinski definition) is 2. The Morgan fingerprint density at radius 2 is 2.13 bits per heavy atom. The minimum Gasteiger partial charge on any atom is -0.386 e. The molecule has 0 spiro atoms. The number of hydrogen-bond acceptors (Lipinski definition) is 3. The minimum atomic E-state index is -0.557. The van der Waals surface area contributed by atoms with E-state index in [0.717, 1.165) is 17.0 Å². The highest BCUT2D eigenvalue weighted by Gasteiger charge is 2.37. The fraction of sp³-hybridized carbons (Fsp3) is 0.364. The zero-order valence-corrected chi connectivity index (χ0v) is 8.57. The second-order valence-corrected chi connectivity index (χ2v) is 4.43. The van der Waals surface area contributed by atoms with Crippen LogP contribution < -0.4 is 4.90 Å². The number of para-hydroxylation sites is 2. The fourth-order valence-electron chi connectivity index (χ4n) is 2.01. The van der Waals surface area contributed by atoms with Gasteiger partial charge in [-0.05, 0) is 19.1 Å². The molecule has 0 atom stereocenters. The lowest BCUT2D eigenvalue weighted by Gasteiger charge is -2.43. The first-order valence-corrected chi connectivity index (χ1v) is 5.06. The third kappa shape index (κ3) is 1.37. The lowest BCUT2D eigenvalue weighted by molar-refractivity contribution is 0.0301. The van der Waals surface area contributed by atoms with Gasteiger partial charge in [-0.2, -0.15) is 0 Å². The Kier molecular flexibility index (Phi) is 1.59. The molecule has 0 saturated carbocycles. The van der Waals surface area contributed by atoms with Gasteiger partial charge < -0.3 is 15.0 Å². The van der Waals surface area contributed by atoms with E-state index < -0.39 is 5.60 Å². The molecule has 1 fully saturated rings. The minimum absolute atomic E-state index is 0.557. The quantitative estimate of drug-likeness (QED) is 0.730. The molecule has 15 heavy (non-hydrogen) atoms. The molecule has 3 rings (SSSR count). The average Bonchev–Trinajstić information content (AvgIpc) is 2.56. The van der Waals surface area contributed by atoms with Crippen LogP contribution in [-0.4, -0.2) is 33.8 Å². The summed E-state index contributed by atoms with van der Waals surface area (Å²) >= 11 is 0. The lowest BCUT2D eigenvalue weighted by Crippen LogP contribution is -2.60. The lowest BCUT2D eigenvalue weighted by atomic mass is 9.98. The molecule has 0 amide bonds. The number of aromatic amines is 1. The number of fused-ring (bicyclic) bond motifs is 1. The number of rotatable bonds is 1. The summed E-state index contributed by atoms with van der Waals surface area (Å²) in [4.78, 5) is 9.74. The van der Waals surface area contributed by atoms with Crippen molar-refractivity contribution in [1.29, 1.82) is 0 Å². The van der Waals surface area contributed by atoms with Crippen molar-refractivity contribution in [3.05, 3.63) is 24.3 Å². The molecule has 2 N–H and O–H groups in total. The van der Waals surface area contributed by atoms with E-state index in [1.807, 2.05) is 36.1 Å². The zero-order valence-electron chi connectivity index (χ0n) is 8.57. The molecular formula is C11H13N3O. The highest BCUT2D eigenvalue weighted by atomic mass is 16.3. The molecule has 1 aliphatic rings. The van der Waals surface area contributed by atoms with Crippen LogP contribution >= 0.6 is 0 Å². The van der Waals surface area contributed by atoms with Crippen LogP contribution in [0.3, 0.4) is 0 Å². The summed E-state index contributed by atoms with van der Waals surface area (Å²) in [5.74, 6) is 0.850. The number of aliphatic hydroxyl groups is 1. The molecule has 1 aromatic carbocycles. The maximum Gasteiger partial charge on any atom is 0.204 e. The van der Waals surface area contributed by atoms with Gasteiger partial charge in [0.1, 0.15) is 0 Å². The monoisotopic (exact) mass is 203 g/mol. The van der Waals surface area contributed by atoms with E-state index in [-0.39, 0.29) is 0 Å². The van der Waals surface area contributed by atoms with E-state index >= 15 is 0 Å². The molecule has 1 saturated heterocycles. The number of H-pyrrole nitrogens is 1. The second kappa shape index (κ2) is 2.73. The van der Waals surface area contributed by atoms with Crippen molar-refractivity contribution in [1.82, 2.24) is 9.97 Å². The Balaban J connectivity index is 1.93. The third-order valence-electron chi connectivity index (χ3n) is 2.74. The van der Waals surface area contributed by atoms with Crippen LogP contribution in [0, 0.1) is 0 Å². The predicted octanol–water partition coefficient (Wildman–Crippen LogP) is 1.13. The smallest absolute Gasteiger partial charge is 0.204 e. The third-order valence-corrected chi connectivity index (χ3v) is 2.74. The van der Waals surface area contributed by atoms with Crippen molar-refractivity contribution in [3.8, 4) is 0 Å². The molecule has 0 radical (unpaired) electrons. The van der Waals surface area contributed by atoms with Gasteiger partial charge in [0.05, 0.1) is 29.7 Å². The number of benzene rings is 1. The van der Waals surface area contributed by atoms with Gasteiger partial charge in [-0.15, -0.1) is 0 Å². The first-order valence-electron chi connectivity index (χ1n) is 5.06. The largest absolute Gasteiger partial charge is 0.386 e. The van der Waals surface area contributed by atoms with Crippen molar-refractivity contribution >= 4 is 17.0 Å². The van der Waals surface area contributed by atoms with Crippen LogP contribution in [0.5, 0.6) is 0 Å². The molecule has 78 valence electrons. The molecule has 1 aromatic heterocycles. The zero-order chi connectivity index (χ0) is 10.5. The van der Waals surface area contributed by atoms with Gasteiger partial charge in [0.15, 0.2) is 0 Å². The molecule has 2 aromatic rings. The van der Waals surface area contributed by atoms with Crippen molar-refractivity contribution < 1.29 is 5.11 Å². The van der Waals surface area contributed by atoms with Crippen LogP contribution in [0.25, 0.3) is 11.0 Å². The normalized spacial score (nSPS) is 19.2. The Morgan fingerprint density at radius 1 is 1.40 bits per heavy atom. The van der Waals surface area contributed by atoms with Crippen molar-refractivity contribution in [2.45, 2.75) is 12.5 Å². The number of anilines is 1. The molecule has 4 nitrogen and oxygen atoms in total. The summed E-state index contributed by atoms with van der Waals surface area (Å²) < 4.78 is 0. The number of aromatic nitrogens is 2. The molecule has 4 heteroatoms. The van der Waals surface area contributed by atoms with Crippen LogP contribution in [0.15, 0.2) is 24.3 Å². The maximum absolute atomic E-state index is 9.64. The summed E-state index contributed by atoms with van der Waals surface area (Å²) in [6.45, 7) is 3.13. The van der Waals surface area contributed by atoms with Crippen molar-refractivity contribution in [3.63, 3.8) is 0 Å². The van der Waals surface area contributed by atoms with E-state index in [0.29, 0.717) is 13.1 Å². The van der Waals surface area contributed by atoms with Crippen LogP contribution in [0.1, 0.15) is 6.92 Å². The molecular weight excluding hydrogens is 190 g/mol. The predicted molar refractivity (Wildman–Crippen MR) is 58.9 cm³/mol. The first kappa shape index (κ1) is 8.73. The summed E-state index contributed by atoms with van der Waals surface area (Å²) in [6, 6.07) is 7.94. The molecule has 1 aliphatic heterocycles. The van der Waals surface area contributed by atoms with E-state index in [1.54, 1.807) is 0 Å². The van der Waals surface area contributed by atoms with Crippen molar-refractivity contribution in [2.24, 2.45) is 0 Å². The summed E-state index contributed by atoms with van der Waals surface area (Å²) in [7, 11) is 0. The standard InChI is InChI=1S/C11H13N3O/c1-11(15)6-14(7-11)10-12-8-4-2-3-5-9(8)13-10/h2-5,15H,6-7H2,1H3,(H,12,13). The first-order chi connectivity index (χ1) is 7.14. The van der Waals surface area contributed by atoms with E-state index in [4.69, 9.17) is 0 Å². The number of nitrogens with one attached hydrogen (secondary N) is 1. The van der Waals surface area contributed by atoms with Crippen LogP contribution in [0.4, 0.5) is 5.95 Å². The highest BCUT2D eigenvalue weighted by molar-refractivity contribution is 5.77. The topological polar surface area (TPSA) is 52.1 Å². The summed E-state index contributed by atoms with van der Waals surface area (Å²) in [6.07, 6.45) is 0. The highest BCUT2D eigenvalue weighted by Crippen LogP contribution is 2.26. The van der Waals surface area contributed by atoms with Gasteiger partial charge in [0, 0.05) is 0 Å². The van der Waals surface area contributed by atoms with Gasteiger partial charge in [0.2, 0.25) is 5.95 Å².